The van der Waals surface area contributed by atoms with E-state index in [2.05, 4.69) is 20.6 Å². The van der Waals surface area contributed by atoms with Crippen molar-refractivity contribution in [3.8, 4) is 0 Å². The van der Waals surface area contributed by atoms with Gasteiger partial charge in [-0.15, -0.1) is 0 Å². The number of nitrogens with zero attached hydrogens (tertiary/aromatic N) is 1. The Morgan fingerprint density at radius 3 is 2.50 bits per heavy atom. The average molecular weight is 427 g/mol. The number of anilines is 3. The summed E-state index contributed by atoms with van der Waals surface area (Å²) in [6.07, 6.45) is 0. The van der Waals surface area contributed by atoms with Gasteiger partial charge in [-0.3, -0.25) is 19.4 Å². The highest BCUT2D eigenvalue weighted by molar-refractivity contribution is 7.99. The van der Waals surface area contributed by atoms with Gasteiger partial charge in [0.25, 0.3) is 11.5 Å². The lowest BCUT2D eigenvalue weighted by Gasteiger charge is -2.09. The number of thioether (sulfide) groups is 1. The number of H-pyrrole nitrogens is 1. The first-order valence-corrected chi connectivity index (χ1v) is 9.77. The summed E-state index contributed by atoms with van der Waals surface area (Å²) in [6, 6.07) is 12.2. The smallest absolute Gasteiger partial charge is 0.277 e. The van der Waals surface area contributed by atoms with E-state index in [1.54, 1.807) is 6.07 Å². The lowest BCUT2D eigenvalue weighted by Crippen LogP contribution is -2.23. The summed E-state index contributed by atoms with van der Waals surface area (Å²) in [5.74, 6) is -1.59. The van der Waals surface area contributed by atoms with Gasteiger partial charge in [-0.25, -0.2) is 9.37 Å². The molecule has 1 aromatic heterocycles. The van der Waals surface area contributed by atoms with Crippen molar-refractivity contribution < 1.29 is 14.0 Å². The van der Waals surface area contributed by atoms with Crippen LogP contribution in [0.25, 0.3) is 0 Å². The molecule has 0 spiro atoms. The van der Waals surface area contributed by atoms with E-state index in [0.29, 0.717) is 5.69 Å². The number of aryl methyl sites for hydroxylation is 1. The number of carbonyl (C=O) groups is 2. The molecule has 5 N–H and O–H groups in total. The van der Waals surface area contributed by atoms with Crippen molar-refractivity contribution in [2.24, 2.45) is 0 Å². The summed E-state index contributed by atoms with van der Waals surface area (Å²) in [5.41, 5.74) is 6.69. The zero-order valence-electron chi connectivity index (χ0n) is 15.9. The standard InChI is InChI=1S/C20H18FN5O3S/c1-11-4-2-3-5-14(11)23-15(27)10-30-20-25-17(22)16(19(29)26-20)24-18(28)12-6-8-13(21)9-7-12/h2-9H,10H2,1H3,(H,23,27)(H,24,28)(H3,22,25,26,29). The Hall–Kier alpha value is -3.66. The minimum atomic E-state index is -0.667. The van der Waals surface area contributed by atoms with Crippen molar-refractivity contribution in [1.82, 2.24) is 9.97 Å². The molecule has 0 aliphatic heterocycles. The van der Waals surface area contributed by atoms with E-state index in [1.807, 2.05) is 25.1 Å². The SMILES string of the molecule is Cc1ccccc1NC(=O)CSc1nc(N)c(NC(=O)c2ccc(F)cc2)c(=O)[nH]1. The molecule has 10 heteroatoms. The molecule has 2 amide bonds. The highest BCUT2D eigenvalue weighted by atomic mass is 32.2. The number of amides is 2. The molecule has 154 valence electrons. The van der Waals surface area contributed by atoms with Gasteiger partial charge in [0.1, 0.15) is 11.5 Å². The molecule has 1 heterocycles. The number of nitrogen functional groups attached to an aromatic ring is 1. The van der Waals surface area contributed by atoms with Crippen LogP contribution >= 0.6 is 11.8 Å². The first-order chi connectivity index (χ1) is 14.3. The van der Waals surface area contributed by atoms with Crippen LogP contribution in [0.15, 0.2) is 58.5 Å². The molecule has 2 aromatic carbocycles. The molecule has 0 fully saturated rings. The normalized spacial score (nSPS) is 10.5. The molecule has 0 unspecified atom stereocenters. The first-order valence-electron chi connectivity index (χ1n) is 8.78. The predicted molar refractivity (Wildman–Crippen MR) is 114 cm³/mol. The first kappa shape index (κ1) is 21.1. The molecule has 0 saturated carbocycles. The number of rotatable bonds is 6. The van der Waals surface area contributed by atoms with E-state index in [9.17, 15) is 18.8 Å². The molecular weight excluding hydrogens is 409 g/mol. The van der Waals surface area contributed by atoms with Crippen LogP contribution in [0.3, 0.4) is 0 Å². The van der Waals surface area contributed by atoms with Crippen molar-refractivity contribution in [2.75, 3.05) is 22.1 Å². The van der Waals surface area contributed by atoms with Gasteiger partial charge in [-0.1, -0.05) is 30.0 Å². The van der Waals surface area contributed by atoms with Gasteiger partial charge in [0.15, 0.2) is 11.0 Å². The lowest BCUT2D eigenvalue weighted by atomic mass is 10.2. The Balaban J connectivity index is 1.65. The second-order valence-electron chi connectivity index (χ2n) is 6.24. The highest BCUT2D eigenvalue weighted by Crippen LogP contribution is 2.19. The van der Waals surface area contributed by atoms with Gasteiger partial charge >= 0.3 is 0 Å². The molecule has 0 aliphatic carbocycles. The van der Waals surface area contributed by atoms with E-state index in [1.165, 1.54) is 12.1 Å². The maximum absolute atomic E-state index is 13.0. The number of hydrogen-bond donors (Lipinski definition) is 4. The highest BCUT2D eigenvalue weighted by Gasteiger charge is 2.15. The summed E-state index contributed by atoms with van der Waals surface area (Å²) < 4.78 is 13.0. The summed E-state index contributed by atoms with van der Waals surface area (Å²) in [5, 5.41) is 5.28. The largest absolute Gasteiger partial charge is 0.382 e. The van der Waals surface area contributed by atoms with Gasteiger partial charge in [0, 0.05) is 11.3 Å². The lowest BCUT2D eigenvalue weighted by molar-refractivity contribution is -0.113. The summed E-state index contributed by atoms with van der Waals surface area (Å²) in [4.78, 5) is 43.1. The van der Waals surface area contributed by atoms with Gasteiger partial charge in [-0.2, -0.15) is 0 Å². The maximum Gasteiger partial charge on any atom is 0.277 e. The topological polar surface area (TPSA) is 130 Å². The summed E-state index contributed by atoms with van der Waals surface area (Å²) in [6.45, 7) is 1.88. The third-order valence-electron chi connectivity index (χ3n) is 4.03. The number of nitrogens with one attached hydrogen (secondary N) is 3. The van der Waals surface area contributed by atoms with Crippen LogP contribution in [0, 0.1) is 12.7 Å². The van der Waals surface area contributed by atoms with Crippen LogP contribution in [0.4, 0.5) is 21.6 Å². The Bertz CT molecular complexity index is 1150. The fourth-order valence-electron chi connectivity index (χ4n) is 2.48. The molecule has 8 nitrogen and oxygen atoms in total. The maximum atomic E-state index is 13.0. The Morgan fingerprint density at radius 1 is 1.13 bits per heavy atom. The van der Waals surface area contributed by atoms with Crippen LogP contribution in [0.5, 0.6) is 0 Å². The van der Waals surface area contributed by atoms with Crippen molar-refractivity contribution in [3.05, 3.63) is 75.8 Å². The summed E-state index contributed by atoms with van der Waals surface area (Å²) >= 11 is 0.994. The number of aromatic amines is 1. The Labute approximate surface area is 175 Å². The van der Waals surface area contributed by atoms with Crippen molar-refractivity contribution in [2.45, 2.75) is 12.1 Å². The fraction of sp³-hybridized carbons (Fsp3) is 0.100. The molecular formula is C20H18FN5O3S. The number of benzene rings is 2. The number of para-hydroxylation sites is 1. The van der Waals surface area contributed by atoms with Crippen LogP contribution < -0.4 is 21.9 Å². The van der Waals surface area contributed by atoms with E-state index >= 15 is 0 Å². The molecule has 3 aromatic rings. The van der Waals surface area contributed by atoms with E-state index in [-0.39, 0.29) is 33.9 Å². The minimum absolute atomic E-state index is 0.00198. The second-order valence-corrected chi connectivity index (χ2v) is 7.21. The fourth-order valence-corrected chi connectivity index (χ4v) is 3.15. The van der Waals surface area contributed by atoms with Crippen molar-refractivity contribution in [1.29, 1.82) is 0 Å². The van der Waals surface area contributed by atoms with Gasteiger partial charge in [0.05, 0.1) is 5.75 Å². The molecule has 0 bridgehead atoms. The molecule has 0 saturated heterocycles. The Morgan fingerprint density at radius 2 is 1.83 bits per heavy atom. The van der Waals surface area contributed by atoms with Gasteiger partial charge in [0.2, 0.25) is 5.91 Å². The number of carbonyl (C=O) groups excluding carboxylic acids is 2. The molecule has 0 aliphatic rings. The monoisotopic (exact) mass is 427 g/mol. The van der Waals surface area contributed by atoms with Crippen LogP contribution in [-0.2, 0) is 4.79 Å². The third-order valence-corrected chi connectivity index (χ3v) is 4.90. The zero-order chi connectivity index (χ0) is 21.7. The van der Waals surface area contributed by atoms with E-state index in [0.717, 1.165) is 29.5 Å². The number of aromatic nitrogens is 2. The molecule has 0 atom stereocenters. The predicted octanol–water partition coefficient (Wildman–Crippen LogP) is 2.78. The molecule has 3 rings (SSSR count). The molecule has 30 heavy (non-hydrogen) atoms. The van der Waals surface area contributed by atoms with Gasteiger partial charge < -0.3 is 16.4 Å². The number of nitrogens with two attached hydrogens (primary N) is 1. The van der Waals surface area contributed by atoms with Crippen molar-refractivity contribution >= 4 is 40.8 Å². The molecule has 0 radical (unpaired) electrons. The Kier molecular flexibility index (Phi) is 6.48. The second kappa shape index (κ2) is 9.23. The number of hydrogen-bond acceptors (Lipinski definition) is 6. The van der Waals surface area contributed by atoms with Crippen LogP contribution in [0.1, 0.15) is 15.9 Å². The van der Waals surface area contributed by atoms with E-state index in [4.69, 9.17) is 5.73 Å². The van der Waals surface area contributed by atoms with Crippen LogP contribution in [0.2, 0.25) is 0 Å². The quantitative estimate of drug-likeness (QED) is 0.354. The van der Waals surface area contributed by atoms with Crippen molar-refractivity contribution in [3.63, 3.8) is 0 Å². The van der Waals surface area contributed by atoms with E-state index < -0.39 is 17.3 Å². The minimum Gasteiger partial charge on any atom is -0.382 e. The zero-order valence-corrected chi connectivity index (χ0v) is 16.7. The third kappa shape index (κ3) is 5.23. The number of halogens is 1. The summed E-state index contributed by atoms with van der Waals surface area (Å²) in [7, 11) is 0. The van der Waals surface area contributed by atoms with Gasteiger partial charge in [-0.05, 0) is 42.8 Å². The average Bonchev–Trinajstić information content (AvgIpc) is 2.71. The van der Waals surface area contributed by atoms with Crippen LogP contribution in [-0.4, -0.2) is 27.5 Å².